The molecule has 8 aromatic rings. The number of ether oxygens (including phenoxy) is 5. The van der Waals surface area contributed by atoms with Crippen molar-refractivity contribution in [2.75, 3.05) is 41.7 Å². The number of ketones is 5. The Kier molecular flexibility index (Phi) is 30.3. The number of aldehydes is 1. The molecule has 4 aromatic heterocycles. The summed E-state index contributed by atoms with van der Waals surface area (Å²) in [4.78, 5) is 76.5. The second-order valence-electron chi connectivity index (χ2n) is 34.4. The lowest BCUT2D eigenvalue weighted by molar-refractivity contribution is -0.126. The van der Waals surface area contributed by atoms with Crippen molar-refractivity contribution in [2.45, 2.75) is 217 Å². The van der Waals surface area contributed by atoms with E-state index in [1.807, 2.05) is 246 Å². The molecule has 1 saturated heterocycles. The minimum absolute atomic E-state index is 0.0828. The summed E-state index contributed by atoms with van der Waals surface area (Å²) < 4.78 is 30.5. The van der Waals surface area contributed by atoms with Gasteiger partial charge in [-0.1, -0.05) is 166 Å². The van der Waals surface area contributed by atoms with E-state index in [-0.39, 0.29) is 57.0 Å². The van der Waals surface area contributed by atoms with Crippen LogP contribution in [0.15, 0.2) is 72.8 Å². The number of hydrogen-bond acceptors (Lipinski definition) is 17. The molecule has 101 heavy (non-hydrogen) atoms. The molecule has 1 aliphatic heterocycles. The van der Waals surface area contributed by atoms with E-state index in [1.54, 1.807) is 51.1 Å². The van der Waals surface area contributed by atoms with Gasteiger partial charge in [-0.05, 0) is 131 Å². The first kappa shape index (κ1) is 87.2. The Hall–Kier alpha value is -6.18. The van der Waals surface area contributed by atoms with Crippen molar-refractivity contribution in [2.24, 2.45) is 43.3 Å². The van der Waals surface area contributed by atoms with Crippen LogP contribution in [-0.2, 0) is 38.4 Å². The molecule has 13 nitrogen and oxygen atoms in total. The highest BCUT2D eigenvalue weighted by Gasteiger charge is 2.35. The molecule has 2 atom stereocenters. The number of methoxy groups -OCH3 is 4. The van der Waals surface area contributed by atoms with E-state index >= 15 is 0 Å². The first-order chi connectivity index (χ1) is 46.2. The van der Waals surface area contributed by atoms with Crippen molar-refractivity contribution < 1.29 is 62.7 Å². The molecule has 17 heteroatoms. The summed E-state index contributed by atoms with van der Waals surface area (Å²) in [5.41, 5.74) is 1.01. The van der Waals surface area contributed by atoms with E-state index in [2.05, 4.69) is 0 Å². The Morgan fingerprint density at radius 3 is 1.06 bits per heavy atom. The van der Waals surface area contributed by atoms with E-state index in [9.17, 15) is 39.0 Å². The van der Waals surface area contributed by atoms with Gasteiger partial charge in [0.25, 0.3) is 0 Å². The molecule has 0 radical (unpaired) electrons. The molecule has 0 aliphatic carbocycles. The zero-order chi connectivity index (χ0) is 77.1. The van der Waals surface area contributed by atoms with Crippen LogP contribution in [0.5, 0.6) is 23.0 Å². The van der Waals surface area contributed by atoms with Gasteiger partial charge < -0.3 is 38.7 Å². The molecule has 2 N–H and O–H groups in total. The number of rotatable bonds is 14. The van der Waals surface area contributed by atoms with Crippen molar-refractivity contribution in [3.8, 4) is 23.0 Å². The maximum absolute atomic E-state index is 12.9. The molecule has 5 heterocycles. The van der Waals surface area contributed by atoms with Crippen molar-refractivity contribution in [3.05, 3.63) is 115 Å². The highest BCUT2D eigenvalue weighted by Crippen LogP contribution is 2.46. The van der Waals surface area contributed by atoms with E-state index < -0.39 is 33.9 Å². The van der Waals surface area contributed by atoms with Crippen molar-refractivity contribution in [3.63, 3.8) is 0 Å². The Balaban J connectivity index is 0.000000272. The number of aliphatic hydroxyl groups is 2. The summed E-state index contributed by atoms with van der Waals surface area (Å²) in [7, 11) is 6.55. The SMILES string of the molecule is C1CCOC1.CC(C)(C)C=O.COc1ccc2sc(C(=O)C(C)(C)C)c(C)c2c1.COc1ccc2sc(C(=O)C(C)(C)C)c(CC(=O)C(C)(C)C)c2c1.COc1ccc2sc(C(=O)C(C)(C)C)c(CC(O)C(C)(C)C)c2c1.COc1ccc2sc(C(O)C(C)(C)C)c(CC(=O)C(C)(C)C)c2c1. The molecule has 9 rings (SSSR count). The minimum Gasteiger partial charge on any atom is -0.497 e. The third-order valence-corrected chi connectivity index (χ3v) is 21.8. The van der Waals surface area contributed by atoms with Crippen molar-refractivity contribution in [1.29, 1.82) is 0 Å². The number of benzene rings is 4. The lowest BCUT2D eigenvalue weighted by atomic mass is 9.83. The van der Waals surface area contributed by atoms with Crippen LogP contribution < -0.4 is 18.9 Å². The second kappa shape index (κ2) is 35.1. The normalized spacial score (nSPS) is 13.6. The van der Waals surface area contributed by atoms with E-state index in [0.717, 1.165) is 120 Å². The van der Waals surface area contributed by atoms with Crippen LogP contribution in [0.4, 0.5) is 0 Å². The number of carbonyl (C=O) groups is 6. The predicted molar refractivity (Wildman–Crippen MR) is 425 cm³/mol. The Morgan fingerprint density at radius 1 is 0.436 bits per heavy atom. The summed E-state index contributed by atoms with van der Waals surface area (Å²) in [5.74, 6) is 3.82. The third kappa shape index (κ3) is 24.5. The van der Waals surface area contributed by atoms with Crippen molar-refractivity contribution >= 4 is 121 Å². The average Bonchev–Trinajstić information content (AvgIpc) is 1.65. The Morgan fingerprint density at radius 2 is 0.743 bits per heavy atom. The molecule has 0 bridgehead atoms. The van der Waals surface area contributed by atoms with Crippen LogP contribution in [0, 0.1) is 50.2 Å². The van der Waals surface area contributed by atoms with Crippen LogP contribution in [0.2, 0.25) is 0 Å². The first-order valence-electron chi connectivity index (χ1n) is 34.7. The molecule has 0 amide bonds. The number of Topliss-reactive ketones (excluding diaryl/α,β-unsaturated/α-hetero) is 5. The number of hydrogen-bond donors (Lipinski definition) is 2. The van der Waals surface area contributed by atoms with E-state index in [1.165, 1.54) is 35.5 Å². The number of aliphatic hydroxyl groups excluding tert-OH is 2. The lowest BCUT2D eigenvalue weighted by Gasteiger charge is -2.26. The van der Waals surface area contributed by atoms with Crippen LogP contribution in [-0.4, -0.2) is 93.2 Å². The minimum atomic E-state index is -0.608. The first-order valence-corrected chi connectivity index (χ1v) is 38.0. The van der Waals surface area contributed by atoms with Gasteiger partial charge in [0.15, 0.2) is 17.3 Å². The van der Waals surface area contributed by atoms with Gasteiger partial charge in [0.2, 0.25) is 0 Å². The van der Waals surface area contributed by atoms with Gasteiger partial charge in [-0.3, -0.25) is 24.0 Å². The van der Waals surface area contributed by atoms with Gasteiger partial charge in [0.05, 0.1) is 55.3 Å². The van der Waals surface area contributed by atoms with Gasteiger partial charge >= 0.3 is 0 Å². The summed E-state index contributed by atoms with van der Waals surface area (Å²) in [5, 5.41) is 25.5. The topological polar surface area (TPSA) is 189 Å². The fraction of sp³-hybridized carbons (Fsp3) is 0.548. The molecule has 4 aromatic carbocycles. The molecule has 0 saturated carbocycles. The number of thiophene rings is 4. The number of aryl methyl sites for hydroxylation is 1. The van der Waals surface area contributed by atoms with E-state index in [4.69, 9.17) is 23.7 Å². The molecular weight excluding hydrogens is 1350 g/mol. The third-order valence-electron chi connectivity index (χ3n) is 16.8. The summed E-state index contributed by atoms with van der Waals surface area (Å²) in [6, 6.07) is 23.5. The molecular formula is C84H118O13S4. The van der Waals surface area contributed by atoms with Crippen LogP contribution >= 0.6 is 45.3 Å². The van der Waals surface area contributed by atoms with E-state index in [0.29, 0.717) is 17.7 Å². The molecule has 2 unspecified atom stereocenters. The quantitative estimate of drug-likeness (QED) is 0.0773. The smallest absolute Gasteiger partial charge is 0.178 e. The van der Waals surface area contributed by atoms with Crippen LogP contribution in [0.3, 0.4) is 0 Å². The van der Waals surface area contributed by atoms with Gasteiger partial charge in [0.1, 0.15) is 40.9 Å². The lowest BCUT2D eigenvalue weighted by Crippen LogP contribution is -2.29. The predicted octanol–water partition coefficient (Wildman–Crippen LogP) is 22.0. The largest absolute Gasteiger partial charge is 0.497 e. The van der Waals surface area contributed by atoms with Gasteiger partial charge in [-0.2, -0.15) is 0 Å². The molecule has 1 aliphatic rings. The second-order valence-corrected chi connectivity index (χ2v) is 38.6. The van der Waals surface area contributed by atoms with Gasteiger partial charge in [-0.25, -0.2) is 0 Å². The van der Waals surface area contributed by atoms with Crippen LogP contribution in [0.1, 0.15) is 241 Å². The van der Waals surface area contributed by atoms with Gasteiger partial charge in [0, 0.05) is 105 Å². The summed E-state index contributed by atoms with van der Waals surface area (Å²) in [6.07, 6.45) is 3.44. The Labute approximate surface area is 619 Å². The fourth-order valence-corrected chi connectivity index (χ4v) is 15.2. The molecule has 0 spiro atoms. The fourth-order valence-electron chi connectivity index (χ4n) is 9.75. The molecule has 1 fully saturated rings. The monoisotopic (exact) mass is 1460 g/mol. The zero-order valence-corrected chi connectivity index (χ0v) is 69.4. The van der Waals surface area contributed by atoms with Gasteiger partial charge in [-0.15, -0.1) is 45.3 Å². The maximum atomic E-state index is 12.9. The Bertz CT molecular complexity index is 4140. The zero-order valence-electron chi connectivity index (χ0n) is 66.1. The van der Waals surface area contributed by atoms with Crippen LogP contribution in [0.25, 0.3) is 40.3 Å². The number of fused-ring (bicyclic) bond motifs is 4. The molecule has 556 valence electrons. The van der Waals surface area contributed by atoms with Crippen molar-refractivity contribution in [1.82, 2.24) is 0 Å². The highest BCUT2D eigenvalue weighted by atomic mass is 32.1. The maximum Gasteiger partial charge on any atom is 0.178 e. The summed E-state index contributed by atoms with van der Waals surface area (Å²) in [6.45, 7) is 50.7. The standard InChI is InChI=1S/2C20H28O3S.C20H26O3S.C15H18O2S.C5H10O.C4H8O/c3*1-19(2,3)16(21)11-14-13-10-12(23-7)8-9-15(13)24-17(14)18(22)20(4,5)6;1-9-11-8-10(17-5)6-7-12(11)18-13(9)14(16)15(2,3)4;1-5(2,3)4-6;1-2-4-5-3-1/h8-10,18,22H,11H2,1-7H3;8-10,16,21H,11H2,1-7H3;8-10H,11H2,1-7H3;6-8H,1-5H3;4H,1-3H3;1-4H2. The highest BCUT2D eigenvalue weighted by molar-refractivity contribution is 7.22. The number of carbonyl (C=O) groups excluding carboxylic acids is 6. The average molecular weight is 1460 g/mol. The summed E-state index contributed by atoms with van der Waals surface area (Å²) >= 11 is 6.13.